The van der Waals surface area contributed by atoms with Gasteiger partial charge < -0.3 is 9.32 Å². The second-order valence-electron chi connectivity index (χ2n) is 6.19. The maximum atomic E-state index is 12.4. The molecule has 3 rings (SSSR count). The summed E-state index contributed by atoms with van der Waals surface area (Å²) in [5.41, 5.74) is 2.22. The van der Waals surface area contributed by atoms with Crippen LogP contribution in [0.4, 0.5) is 0 Å². The molecule has 0 aliphatic carbocycles. The number of nitrogens with zero attached hydrogens (tertiary/aromatic N) is 3. The van der Waals surface area contributed by atoms with Crippen LogP contribution in [0.5, 0.6) is 0 Å². The first-order valence-electron chi connectivity index (χ1n) is 7.92. The van der Waals surface area contributed by atoms with Gasteiger partial charge in [0, 0.05) is 31.4 Å². The molecule has 6 heteroatoms. The third kappa shape index (κ3) is 3.52. The Labute approximate surface area is 134 Å². The van der Waals surface area contributed by atoms with Gasteiger partial charge in [0.15, 0.2) is 0 Å². The van der Waals surface area contributed by atoms with Crippen LogP contribution in [-0.2, 0) is 6.54 Å². The minimum atomic E-state index is -0.440. The highest BCUT2D eigenvalue weighted by atomic mass is 16.4. The molecule has 1 amide bonds. The van der Waals surface area contributed by atoms with Crippen molar-refractivity contribution in [1.82, 2.24) is 14.7 Å². The zero-order chi connectivity index (χ0) is 16.4. The van der Waals surface area contributed by atoms with Crippen LogP contribution in [0.25, 0.3) is 0 Å². The van der Waals surface area contributed by atoms with E-state index in [1.807, 2.05) is 11.8 Å². The molecular weight excluding hydrogens is 294 g/mol. The third-order valence-electron chi connectivity index (χ3n) is 4.38. The summed E-state index contributed by atoms with van der Waals surface area (Å²) in [6.07, 6.45) is 3.16. The van der Waals surface area contributed by atoms with Crippen LogP contribution < -0.4 is 5.63 Å². The van der Waals surface area contributed by atoms with E-state index in [1.165, 1.54) is 24.1 Å². The number of piperidine rings is 1. The van der Waals surface area contributed by atoms with Crippen LogP contribution in [0, 0.1) is 19.8 Å². The molecule has 0 radical (unpaired) electrons. The molecule has 2 aromatic rings. The number of carbonyl (C=O) groups excluding carboxylic acids is 1. The number of rotatable bonds is 3. The Balaban J connectivity index is 1.57. The SMILES string of the molecule is Cc1cc(C)n(CC2CCN(C(=O)c3ccc(=O)oc3)CC2)n1. The summed E-state index contributed by atoms with van der Waals surface area (Å²) >= 11 is 0. The van der Waals surface area contributed by atoms with Crippen LogP contribution in [0.3, 0.4) is 0 Å². The predicted molar refractivity (Wildman–Crippen MR) is 85.3 cm³/mol. The summed E-state index contributed by atoms with van der Waals surface area (Å²) in [4.78, 5) is 25.2. The van der Waals surface area contributed by atoms with Crippen molar-refractivity contribution in [1.29, 1.82) is 0 Å². The van der Waals surface area contributed by atoms with Gasteiger partial charge >= 0.3 is 5.63 Å². The fraction of sp³-hybridized carbons (Fsp3) is 0.471. The van der Waals surface area contributed by atoms with Gasteiger partial charge in [-0.15, -0.1) is 0 Å². The largest absolute Gasteiger partial charge is 0.430 e. The maximum absolute atomic E-state index is 12.4. The van der Waals surface area contributed by atoms with Crippen molar-refractivity contribution >= 4 is 5.91 Å². The lowest BCUT2D eigenvalue weighted by Gasteiger charge is -2.32. The van der Waals surface area contributed by atoms with E-state index in [0.29, 0.717) is 11.5 Å². The molecule has 1 saturated heterocycles. The number of hydrogen-bond acceptors (Lipinski definition) is 4. The molecule has 2 aromatic heterocycles. The number of amides is 1. The smallest absolute Gasteiger partial charge is 0.335 e. The van der Waals surface area contributed by atoms with Gasteiger partial charge in [-0.1, -0.05) is 0 Å². The second kappa shape index (κ2) is 6.40. The molecule has 1 fully saturated rings. The molecule has 122 valence electrons. The highest BCUT2D eigenvalue weighted by Gasteiger charge is 2.24. The maximum Gasteiger partial charge on any atom is 0.335 e. The van der Waals surface area contributed by atoms with Gasteiger partial charge in [-0.25, -0.2) is 4.79 Å². The second-order valence-corrected chi connectivity index (χ2v) is 6.19. The van der Waals surface area contributed by atoms with Gasteiger partial charge in [-0.2, -0.15) is 5.10 Å². The van der Waals surface area contributed by atoms with Crippen molar-refractivity contribution in [3.05, 3.63) is 51.8 Å². The summed E-state index contributed by atoms with van der Waals surface area (Å²) in [6, 6.07) is 4.89. The lowest BCUT2D eigenvalue weighted by molar-refractivity contribution is 0.0678. The first-order chi connectivity index (χ1) is 11.0. The van der Waals surface area contributed by atoms with Crippen LogP contribution >= 0.6 is 0 Å². The van der Waals surface area contributed by atoms with Gasteiger partial charge in [0.1, 0.15) is 6.26 Å². The molecule has 0 saturated carbocycles. The average Bonchev–Trinajstić information content (AvgIpc) is 2.86. The summed E-state index contributed by atoms with van der Waals surface area (Å²) in [5, 5.41) is 4.51. The quantitative estimate of drug-likeness (QED) is 0.869. The molecule has 1 aliphatic heterocycles. The van der Waals surface area contributed by atoms with E-state index in [1.54, 1.807) is 0 Å². The molecule has 0 unspecified atom stereocenters. The lowest BCUT2D eigenvalue weighted by Crippen LogP contribution is -2.39. The van der Waals surface area contributed by atoms with Crippen molar-refractivity contribution in [2.75, 3.05) is 13.1 Å². The Hall–Kier alpha value is -2.37. The van der Waals surface area contributed by atoms with Gasteiger partial charge in [0.05, 0.1) is 11.3 Å². The summed E-state index contributed by atoms with van der Waals surface area (Å²) in [7, 11) is 0. The third-order valence-corrected chi connectivity index (χ3v) is 4.38. The van der Waals surface area contributed by atoms with Gasteiger partial charge in [-0.3, -0.25) is 9.48 Å². The molecule has 0 aromatic carbocycles. The van der Waals surface area contributed by atoms with Crippen molar-refractivity contribution < 1.29 is 9.21 Å². The molecule has 3 heterocycles. The lowest BCUT2D eigenvalue weighted by atomic mass is 9.96. The topological polar surface area (TPSA) is 68.3 Å². The van der Waals surface area contributed by atoms with E-state index in [4.69, 9.17) is 4.42 Å². The zero-order valence-electron chi connectivity index (χ0n) is 13.5. The number of aromatic nitrogens is 2. The molecule has 0 bridgehead atoms. The van der Waals surface area contributed by atoms with E-state index < -0.39 is 5.63 Å². The molecule has 6 nitrogen and oxygen atoms in total. The van der Waals surface area contributed by atoms with Gasteiger partial charge in [-0.05, 0) is 44.7 Å². The highest BCUT2D eigenvalue weighted by Crippen LogP contribution is 2.21. The van der Waals surface area contributed by atoms with Crippen molar-refractivity contribution in [3.63, 3.8) is 0 Å². The van der Waals surface area contributed by atoms with Gasteiger partial charge in [0.2, 0.25) is 0 Å². The van der Waals surface area contributed by atoms with Crippen molar-refractivity contribution in [2.24, 2.45) is 5.92 Å². The van der Waals surface area contributed by atoms with Crippen LogP contribution in [-0.4, -0.2) is 33.7 Å². The number of hydrogen-bond donors (Lipinski definition) is 0. The molecule has 0 spiro atoms. The van der Waals surface area contributed by atoms with E-state index in [9.17, 15) is 9.59 Å². The van der Waals surface area contributed by atoms with Crippen LogP contribution in [0.1, 0.15) is 34.6 Å². The Morgan fingerprint density at radius 2 is 2.04 bits per heavy atom. The van der Waals surface area contributed by atoms with Gasteiger partial charge in [0.25, 0.3) is 5.91 Å². The van der Waals surface area contributed by atoms with Crippen molar-refractivity contribution in [2.45, 2.75) is 33.2 Å². The predicted octanol–water partition coefficient (Wildman–Crippen LogP) is 2.01. The van der Waals surface area contributed by atoms with E-state index in [-0.39, 0.29) is 5.91 Å². The standard InChI is InChI=1S/C17H21N3O3/c1-12-9-13(2)20(18-12)10-14-5-7-19(8-6-14)17(22)15-3-4-16(21)23-11-15/h3-4,9,11,14H,5-8,10H2,1-2H3. The molecule has 23 heavy (non-hydrogen) atoms. The molecule has 1 aliphatic rings. The van der Waals surface area contributed by atoms with E-state index in [2.05, 4.69) is 22.8 Å². The Morgan fingerprint density at radius 1 is 1.30 bits per heavy atom. The number of aryl methyl sites for hydroxylation is 2. The highest BCUT2D eigenvalue weighted by molar-refractivity contribution is 5.93. The summed E-state index contributed by atoms with van der Waals surface area (Å²) in [6.45, 7) is 6.43. The zero-order valence-corrected chi connectivity index (χ0v) is 13.5. The fourth-order valence-corrected chi connectivity index (χ4v) is 3.09. The van der Waals surface area contributed by atoms with Crippen molar-refractivity contribution in [3.8, 4) is 0 Å². The molecular formula is C17H21N3O3. The minimum absolute atomic E-state index is 0.0710. The normalized spacial score (nSPS) is 15.8. The first-order valence-corrected chi connectivity index (χ1v) is 7.92. The number of carbonyl (C=O) groups is 1. The molecule has 0 N–H and O–H groups in total. The Kier molecular flexibility index (Phi) is 4.32. The minimum Gasteiger partial charge on any atom is -0.430 e. The summed E-state index contributed by atoms with van der Waals surface area (Å²) in [5.74, 6) is 0.462. The summed E-state index contributed by atoms with van der Waals surface area (Å²) < 4.78 is 6.83. The van der Waals surface area contributed by atoms with E-state index >= 15 is 0 Å². The van der Waals surface area contributed by atoms with Crippen LogP contribution in [0.2, 0.25) is 0 Å². The Morgan fingerprint density at radius 3 is 2.61 bits per heavy atom. The fourth-order valence-electron chi connectivity index (χ4n) is 3.09. The van der Waals surface area contributed by atoms with E-state index in [0.717, 1.165) is 38.2 Å². The first kappa shape index (κ1) is 15.5. The number of likely N-dealkylation sites (tertiary alicyclic amines) is 1. The molecule has 0 atom stereocenters. The van der Waals surface area contributed by atoms with Crippen LogP contribution in [0.15, 0.2) is 33.7 Å². The monoisotopic (exact) mass is 315 g/mol. The Bertz CT molecular complexity index is 734. The average molecular weight is 315 g/mol.